The van der Waals surface area contributed by atoms with Crippen LogP contribution in [-0.2, 0) is 4.74 Å². The third-order valence-corrected chi connectivity index (χ3v) is 2.35. The van der Waals surface area contributed by atoms with E-state index in [9.17, 15) is 0 Å². The highest BCUT2D eigenvalue weighted by Gasteiger charge is 2.32. The summed E-state index contributed by atoms with van der Waals surface area (Å²) in [7, 11) is 1.86. The van der Waals surface area contributed by atoms with Crippen molar-refractivity contribution in [2.24, 2.45) is 5.92 Å². The first kappa shape index (κ1) is 8.10. The number of hydrogen-bond acceptors (Lipinski definition) is 3. The van der Waals surface area contributed by atoms with Gasteiger partial charge in [0.1, 0.15) is 6.10 Å². The summed E-state index contributed by atoms with van der Waals surface area (Å²) in [5.41, 5.74) is 1.00. The van der Waals surface area contributed by atoms with Crippen molar-refractivity contribution in [3.8, 4) is 0 Å². The minimum absolute atomic E-state index is 0.0732. The molecule has 68 valence electrons. The molecule has 0 fully saturated rings. The van der Waals surface area contributed by atoms with Gasteiger partial charge in [0.25, 0.3) is 0 Å². The highest BCUT2D eigenvalue weighted by Crippen LogP contribution is 2.32. The number of nitrogens with one attached hydrogen (secondary N) is 2. The summed E-state index contributed by atoms with van der Waals surface area (Å²) in [6.07, 6.45) is 9.41. The van der Waals surface area contributed by atoms with E-state index in [2.05, 4.69) is 11.4 Å². The number of allylic oxidation sites excluding steroid dienone is 3. The molecule has 3 heteroatoms. The molecule has 2 unspecified atom stereocenters. The summed E-state index contributed by atoms with van der Waals surface area (Å²) in [6, 6.07) is 0. The Balaban J connectivity index is 2.33. The Morgan fingerprint density at radius 1 is 1.46 bits per heavy atom. The van der Waals surface area contributed by atoms with Gasteiger partial charge in [0.15, 0.2) is 5.76 Å². The molecule has 1 heterocycles. The molecular formula is C10H12N2O. The zero-order chi connectivity index (χ0) is 9.26. The van der Waals surface area contributed by atoms with Gasteiger partial charge in [0.2, 0.25) is 0 Å². The van der Waals surface area contributed by atoms with Crippen LogP contribution < -0.4 is 5.32 Å². The summed E-state index contributed by atoms with van der Waals surface area (Å²) < 4.78 is 5.55. The topological polar surface area (TPSA) is 45.1 Å². The second-order valence-electron chi connectivity index (χ2n) is 3.05. The smallest absolute Gasteiger partial charge is 0.157 e. The van der Waals surface area contributed by atoms with E-state index in [1.54, 1.807) is 0 Å². The largest absolute Gasteiger partial charge is 0.482 e. The van der Waals surface area contributed by atoms with E-state index in [-0.39, 0.29) is 12.0 Å². The molecule has 13 heavy (non-hydrogen) atoms. The Hall–Kier alpha value is -1.51. The molecule has 0 aromatic heterocycles. The lowest BCUT2D eigenvalue weighted by molar-refractivity contribution is 0.179. The van der Waals surface area contributed by atoms with Gasteiger partial charge in [-0.3, -0.25) is 0 Å². The number of rotatable bonds is 2. The first-order valence-electron chi connectivity index (χ1n) is 4.31. The molecular weight excluding hydrogens is 164 g/mol. The molecule has 3 nitrogen and oxygen atoms in total. The van der Waals surface area contributed by atoms with Crippen LogP contribution in [0.25, 0.3) is 0 Å². The Labute approximate surface area is 77.3 Å². The summed E-state index contributed by atoms with van der Waals surface area (Å²) in [5.74, 6) is 0.903. The maximum Gasteiger partial charge on any atom is 0.157 e. The van der Waals surface area contributed by atoms with E-state index in [0.717, 1.165) is 5.70 Å². The van der Waals surface area contributed by atoms with Gasteiger partial charge in [-0.25, -0.2) is 0 Å². The van der Waals surface area contributed by atoms with Crippen molar-refractivity contribution in [1.29, 1.82) is 5.41 Å². The Kier molecular flexibility index (Phi) is 1.93. The standard InChI is InChI=1S/C10H12N2O/c1-12-10-7-4-2-3-5-8(7)13-9(10)6-11/h2-8,11-12H,1H3. The van der Waals surface area contributed by atoms with Gasteiger partial charge in [-0.15, -0.1) is 0 Å². The van der Waals surface area contributed by atoms with E-state index in [0.29, 0.717) is 5.76 Å². The molecule has 2 atom stereocenters. The van der Waals surface area contributed by atoms with E-state index in [1.165, 1.54) is 6.21 Å². The van der Waals surface area contributed by atoms with Gasteiger partial charge in [-0.05, 0) is 6.08 Å². The van der Waals surface area contributed by atoms with Crippen molar-refractivity contribution in [3.63, 3.8) is 0 Å². The number of hydrogen-bond donors (Lipinski definition) is 2. The van der Waals surface area contributed by atoms with Crippen molar-refractivity contribution in [2.45, 2.75) is 6.10 Å². The summed E-state index contributed by atoms with van der Waals surface area (Å²) in [5, 5.41) is 10.3. The Morgan fingerprint density at radius 3 is 2.92 bits per heavy atom. The normalized spacial score (nSPS) is 29.9. The zero-order valence-corrected chi connectivity index (χ0v) is 7.45. The summed E-state index contributed by atoms with van der Waals surface area (Å²) in [4.78, 5) is 0. The molecule has 0 aromatic carbocycles. The molecule has 0 aromatic rings. The molecule has 0 saturated carbocycles. The maximum atomic E-state index is 7.19. The fourth-order valence-corrected chi connectivity index (χ4v) is 1.74. The van der Waals surface area contributed by atoms with Crippen LogP contribution in [0.1, 0.15) is 0 Å². The predicted octanol–water partition coefficient (Wildman–Crippen LogP) is 1.21. The lowest BCUT2D eigenvalue weighted by Gasteiger charge is -2.16. The predicted molar refractivity (Wildman–Crippen MR) is 51.5 cm³/mol. The molecule has 0 radical (unpaired) electrons. The maximum absolute atomic E-state index is 7.19. The van der Waals surface area contributed by atoms with E-state index in [1.807, 2.05) is 25.3 Å². The van der Waals surface area contributed by atoms with Crippen molar-refractivity contribution >= 4 is 6.21 Å². The van der Waals surface area contributed by atoms with Crippen molar-refractivity contribution in [2.75, 3.05) is 7.05 Å². The first-order chi connectivity index (χ1) is 6.36. The van der Waals surface area contributed by atoms with E-state index in [4.69, 9.17) is 10.1 Å². The van der Waals surface area contributed by atoms with Gasteiger partial charge in [-0.1, -0.05) is 18.2 Å². The van der Waals surface area contributed by atoms with Crippen LogP contribution in [0.2, 0.25) is 0 Å². The molecule has 2 aliphatic rings. The molecule has 1 aliphatic carbocycles. The fraction of sp³-hybridized carbons (Fsp3) is 0.300. The molecule has 1 aliphatic heterocycles. The van der Waals surface area contributed by atoms with Gasteiger partial charge in [0, 0.05) is 7.05 Å². The summed E-state index contributed by atoms with van der Waals surface area (Å²) >= 11 is 0. The Morgan fingerprint density at radius 2 is 2.23 bits per heavy atom. The van der Waals surface area contributed by atoms with E-state index >= 15 is 0 Å². The van der Waals surface area contributed by atoms with Crippen LogP contribution in [-0.4, -0.2) is 19.4 Å². The molecule has 0 bridgehead atoms. The molecule has 2 rings (SSSR count). The molecule has 2 N–H and O–H groups in total. The third kappa shape index (κ3) is 1.16. The minimum atomic E-state index is 0.0732. The molecule has 0 spiro atoms. The Bertz CT molecular complexity index is 315. The van der Waals surface area contributed by atoms with E-state index < -0.39 is 0 Å². The highest BCUT2D eigenvalue weighted by atomic mass is 16.5. The van der Waals surface area contributed by atoms with Crippen LogP contribution in [0.3, 0.4) is 0 Å². The van der Waals surface area contributed by atoms with Crippen molar-refractivity contribution in [1.82, 2.24) is 5.32 Å². The van der Waals surface area contributed by atoms with Crippen molar-refractivity contribution < 1.29 is 4.74 Å². The van der Waals surface area contributed by atoms with Gasteiger partial charge in [-0.2, -0.15) is 0 Å². The van der Waals surface area contributed by atoms with Gasteiger partial charge >= 0.3 is 0 Å². The van der Waals surface area contributed by atoms with Crippen LogP contribution >= 0.6 is 0 Å². The van der Waals surface area contributed by atoms with Crippen LogP contribution in [0.15, 0.2) is 35.8 Å². The first-order valence-corrected chi connectivity index (χ1v) is 4.31. The number of fused-ring (bicyclic) bond motifs is 1. The third-order valence-electron chi connectivity index (χ3n) is 2.35. The average molecular weight is 176 g/mol. The lowest BCUT2D eigenvalue weighted by atomic mass is 9.96. The van der Waals surface area contributed by atoms with Crippen LogP contribution in [0, 0.1) is 11.3 Å². The number of ether oxygens (including phenoxy) is 1. The van der Waals surface area contributed by atoms with Gasteiger partial charge in [0.05, 0.1) is 17.8 Å². The summed E-state index contributed by atoms with van der Waals surface area (Å²) in [6.45, 7) is 0. The van der Waals surface area contributed by atoms with Crippen LogP contribution in [0.4, 0.5) is 0 Å². The quantitative estimate of drug-likeness (QED) is 0.621. The monoisotopic (exact) mass is 176 g/mol. The van der Waals surface area contributed by atoms with Gasteiger partial charge < -0.3 is 15.5 Å². The zero-order valence-electron chi connectivity index (χ0n) is 7.45. The van der Waals surface area contributed by atoms with Crippen molar-refractivity contribution in [3.05, 3.63) is 35.8 Å². The molecule has 0 saturated heterocycles. The second-order valence-corrected chi connectivity index (χ2v) is 3.05. The fourth-order valence-electron chi connectivity index (χ4n) is 1.74. The lowest BCUT2D eigenvalue weighted by Crippen LogP contribution is -2.21. The SMILES string of the molecule is CNC1=C(C=N)OC2C=CC=CC12. The highest BCUT2D eigenvalue weighted by molar-refractivity contribution is 5.75. The van der Waals surface area contributed by atoms with Crippen LogP contribution in [0.5, 0.6) is 0 Å². The molecule has 0 amide bonds. The average Bonchev–Trinajstić information content (AvgIpc) is 2.55. The minimum Gasteiger partial charge on any atom is -0.482 e. The second kappa shape index (κ2) is 3.09.